The molecule has 2 aromatic rings. The summed E-state index contributed by atoms with van der Waals surface area (Å²) in [5.74, 6) is 0.747. The van der Waals surface area contributed by atoms with Crippen molar-refractivity contribution in [3.05, 3.63) is 35.9 Å². The number of fused-ring (bicyclic) bond motifs is 2. The molecule has 5 heterocycles. The first-order valence-electron chi connectivity index (χ1n) is 7.70. The Labute approximate surface area is 132 Å². The predicted octanol–water partition coefficient (Wildman–Crippen LogP) is 1.61. The number of alkyl halides is 2. The Morgan fingerprint density at radius 1 is 1.22 bits per heavy atom. The second-order valence-electron chi connectivity index (χ2n) is 6.18. The van der Waals surface area contributed by atoms with Crippen molar-refractivity contribution in [1.29, 1.82) is 0 Å². The number of nitrogens with zero attached hydrogens (tertiary/aromatic N) is 6. The van der Waals surface area contributed by atoms with Crippen molar-refractivity contribution in [2.75, 3.05) is 18.0 Å². The molecule has 0 amide bonds. The number of aromatic nitrogens is 4. The third kappa shape index (κ3) is 2.56. The molecule has 8 heteroatoms. The van der Waals surface area contributed by atoms with Gasteiger partial charge >= 0.3 is 0 Å². The monoisotopic (exact) mass is 320 g/mol. The third-order valence-corrected chi connectivity index (χ3v) is 4.68. The van der Waals surface area contributed by atoms with E-state index >= 15 is 0 Å². The lowest BCUT2D eigenvalue weighted by atomic mass is 9.87. The molecule has 2 aromatic heterocycles. The summed E-state index contributed by atoms with van der Waals surface area (Å²) >= 11 is 0. The van der Waals surface area contributed by atoms with Crippen molar-refractivity contribution in [2.24, 2.45) is 7.05 Å². The van der Waals surface area contributed by atoms with Gasteiger partial charge in [-0.05, 0) is 12.5 Å². The largest absolute Gasteiger partial charge is 0.338 e. The van der Waals surface area contributed by atoms with Gasteiger partial charge in [-0.2, -0.15) is 5.10 Å². The van der Waals surface area contributed by atoms with Gasteiger partial charge in [-0.25, -0.2) is 18.7 Å². The molecule has 5 rings (SSSR count). The molecule has 2 unspecified atom stereocenters. The molecule has 3 saturated heterocycles. The molecule has 0 aliphatic carbocycles. The average molecular weight is 320 g/mol. The summed E-state index contributed by atoms with van der Waals surface area (Å²) in [6.45, 7) is 2.21. The maximum atomic E-state index is 13.1. The van der Waals surface area contributed by atoms with Gasteiger partial charge in [0, 0.05) is 62.9 Å². The van der Waals surface area contributed by atoms with Crippen LogP contribution < -0.4 is 4.90 Å². The lowest BCUT2D eigenvalue weighted by Gasteiger charge is -2.56. The van der Waals surface area contributed by atoms with Gasteiger partial charge in [-0.1, -0.05) is 0 Å². The third-order valence-electron chi connectivity index (χ3n) is 4.68. The maximum Gasteiger partial charge on any atom is 0.282 e. The SMILES string of the molecule is Cn1cc(CN2C3CC2CN(c2ncccn2)C3)c(C(F)F)n1. The lowest BCUT2D eigenvalue weighted by molar-refractivity contribution is -0.00989. The second kappa shape index (κ2) is 5.52. The number of halogens is 2. The van der Waals surface area contributed by atoms with E-state index in [-0.39, 0.29) is 5.69 Å². The molecule has 2 bridgehead atoms. The minimum Gasteiger partial charge on any atom is -0.338 e. The van der Waals surface area contributed by atoms with Crippen molar-refractivity contribution in [3.63, 3.8) is 0 Å². The first-order valence-corrected chi connectivity index (χ1v) is 7.70. The summed E-state index contributed by atoms with van der Waals surface area (Å²) in [5.41, 5.74) is 0.530. The van der Waals surface area contributed by atoms with Crippen LogP contribution in [0, 0.1) is 0 Å². The molecule has 0 N–H and O–H groups in total. The van der Waals surface area contributed by atoms with E-state index in [9.17, 15) is 8.78 Å². The van der Waals surface area contributed by atoms with E-state index in [1.807, 2.05) is 0 Å². The molecular weight excluding hydrogens is 302 g/mol. The average Bonchev–Trinajstić information content (AvgIpc) is 2.94. The zero-order valence-electron chi connectivity index (χ0n) is 12.8. The summed E-state index contributed by atoms with van der Waals surface area (Å²) in [6, 6.07) is 2.53. The van der Waals surface area contributed by atoms with Crippen molar-refractivity contribution in [3.8, 4) is 0 Å². The summed E-state index contributed by atoms with van der Waals surface area (Å²) < 4.78 is 27.6. The topological polar surface area (TPSA) is 50.1 Å². The van der Waals surface area contributed by atoms with Crippen LogP contribution in [0.2, 0.25) is 0 Å². The van der Waals surface area contributed by atoms with E-state index in [4.69, 9.17) is 0 Å². The zero-order chi connectivity index (χ0) is 16.0. The van der Waals surface area contributed by atoms with E-state index in [0.29, 0.717) is 24.2 Å². The fraction of sp³-hybridized carbons (Fsp3) is 0.533. The molecule has 0 saturated carbocycles. The maximum absolute atomic E-state index is 13.1. The van der Waals surface area contributed by atoms with E-state index in [0.717, 1.165) is 25.5 Å². The molecule has 0 aromatic carbocycles. The summed E-state index contributed by atoms with van der Waals surface area (Å²) in [4.78, 5) is 13.0. The molecule has 0 radical (unpaired) electrons. The van der Waals surface area contributed by atoms with Crippen molar-refractivity contribution in [2.45, 2.75) is 31.5 Å². The quantitative estimate of drug-likeness (QED) is 0.857. The normalized spacial score (nSPS) is 24.1. The van der Waals surface area contributed by atoms with Crippen LogP contribution in [0.5, 0.6) is 0 Å². The smallest absolute Gasteiger partial charge is 0.282 e. The standard InChI is InChI=1S/C15H18F2N6/c1-21-6-10(13(20-21)14(16)17)7-23-11-5-12(23)9-22(8-11)15-18-3-2-4-19-15/h2-4,6,11-12,14H,5,7-9H2,1H3. The van der Waals surface area contributed by atoms with Gasteiger partial charge in [0.1, 0.15) is 5.69 Å². The minimum absolute atomic E-state index is 0.0966. The molecule has 2 atom stereocenters. The minimum atomic E-state index is -2.53. The number of hydrogen-bond donors (Lipinski definition) is 0. The number of piperazine rings is 1. The van der Waals surface area contributed by atoms with Crippen molar-refractivity contribution < 1.29 is 8.78 Å². The van der Waals surface area contributed by atoms with E-state index in [1.165, 1.54) is 4.68 Å². The van der Waals surface area contributed by atoms with Crippen LogP contribution in [0.4, 0.5) is 14.7 Å². The highest BCUT2D eigenvalue weighted by atomic mass is 19.3. The van der Waals surface area contributed by atoms with Crippen LogP contribution in [0.15, 0.2) is 24.7 Å². The molecule has 0 spiro atoms. The van der Waals surface area contributed by atoms with Crippen LogP contribution in [0.1, 0.15) is 24.1 Å². The number of rotatable bonds is 4. The van der Waals surface area contributed by atoms with Crippen LogP contribution in [-0.4, -0.2) is 49.8 Å². The second-order valence-corrected chi connectivity index (χ2v) is 6.18. The van der Waals surface area contributed by atoms with Gasteiger partial charge in [0.2, 0.25) is 5.95 Å². The summed E-state index contributed by atoms with van der Waals surface area (Å²) in [5, 5.41) is 3.89. The van der Waals surface area contributed by atoms with Crippen LogP contribution in [0.25, 0.3) is 0 Å². The predicted molar refractivity (Wildman–Crippen MR) is 80.1 cm³/mol. The van der Waals surface area contributed by atoms with Crippen molar-refractivity contribution >= 4 is 5.95 Å². The fourth-order valence-electron chi connectivity index (χ4n) is 3.62. The number of anilines is 1. The molecule has 6 nitrogen and oxygen atoms in total. The number of piperidine rings is 1. The first kappa shape index (κ1) is 14.5. The highest BCUT2D eigenvalue weighted by molar-refractivity contribution is 5.33. The van der Waals surface area contributed by atoms with E-state index in [2.05, 4.69) is 24.9 Å². The van der Waals surface area contributed by atoms with Gasteiger partial charge in [-0.3, -0.25) is 9.58 Å². The Kier molecular flexibility index (Phi) is 3.48. The van der Waals surface area contributed by atoms with Crippen LogP contribution in [-0.2, 0) is 13.6 Å². The highest BCUT2D eigenvalue weighted by Crippen LogP contribution is 2.36. The molecule has 3 aliphatic heterocycles. The Morgan fingerprint density at radius 3 is 2.57 bits per heavy atom. The van der Waals surface area contributed by atoms with Crippen molar-refractivity contribution in [1.82, 2.24) is 24.6 Å². The van der Waals surface area contributed by atoms with Gasteiger partial charge in [0.05, 0.1) is 0 Å². The Bertz CT molecular complexity index is 677. The van der Waals surface area contributed by atoms with Gasteiger partial charge in [-0.15, -0.1) is 0 Å². The highest BCUT2D eigenvalue weighted by Gasteiger charge is 2.45. The lowest BCUT2D eigenvalue weighted by Crippen LogP contribution is -2.68. The Balaban J connectivity index is 1.46. The Morgan fingerprint density at radius 2 is 1.91 bits per heavy atom. The van der Waals surface area contributed by atoms with Gasteiger partial charge < -0.3 is 4.90 Å². The first-order chi connectivity index (χ1) is 11.1. The summed E-state index contributed by atoms with van der Waals surface area (Å²) in [7, 11) is 1.68. The molecule has 122 valence electrons. The Hall–Kier alpha value is -2.09. The number of hydrogen-bond acceptors (Lipinski definition) is 5. The van der Waals surface area contributed by atoms with Crippen LogP contribution >= 0.6 is 0 Å². The van der Waals surface area contributed by atoms with Gasteiger partial charge in [0.25, 0.3) is 6.43 Å². The van der Waals surface area contributed by atoms with E-state index in [1.54, 1.807) is 31.7 Å². The zero-order valence-corrected chi connectivity index (χ0v) is 12.8. The molecule has 3 fully saturated rings. The van der Waals surface area contributed by atoms with E-state index < -0.39 is 6.43 Å². The van der Waals surface area contributed by atoms with Crippen LogP contribution in [0.3, 0.4) is 0 Å². The number of aryl methyl sites for hydroxylation is 1. The molecular formula is C15H18F2N6. The summed E-state index contributed by atoms with van der Waals surface area (Å²) in [6.07, 6.45) is 3.76. The molecule has 3 aliphatic rings. The molecule has 23 heavy (non-hydrogen) atoms. The fourth-order valence-corrected chi connectivity index (χ4v) is 3.62. The van der Waals surface area contributed by atoms with Gasteiger partial charge in [0.15, 0.2) is 0 Å².